The number of hydrogen-bond donors (Lipinski definition) is 1. The Balaban J connectivity index is 1.78. The molecule has 2 heterocycles. The molecule has 132 valence electrons. The number of pyridine rings is 1. The first-order valence-corrected chi connectivity index (χ1v) is 8.95. The van der Waals surface area contributed by atoms with Gasteiger partial charge < -0.3 is 10.2 Å². The Morgan fingerprint density at radius 1 is 1.32 bits per heavy atom. The summed E-state index contributed by atoms with van der Waals surface area (Å²) >= 11 is 5.81. The van der Waals surface area contributed by atoms with E-state index in [1.807, 2.05) is 4.90 Å². The van der Waals surface area contributed by atoms with Crippen molar-refractivity contribution in [1.29, 1.82) is 0 Å². The average molecular weight is 362 g/mol. The van der Waals surface area contributed by atoms with Gasteiger partial charge >= 0.3 is 0 Å². The minimum atomic E-state index is -0.464. The van der Waals surface area contributed by atoms with Gasteiger partial charge in [-0.15, -0.1) is 0 Å². The number of aromatic nitrogens is 1. The van der Waals surface area contributed by atoms with Gasteiger partial charge in [0.25, 0.3) is 5.91 Å². The van der Waals surface area contributed by atoms with Crippen LogP contribution < -0.4 is 5.32 Å². The molecule has 3 rings (SSSR count). The van der Waals surface area contributed by atoms with Crippen molar-refractivity contribution in [3.05, 3.63) is 53.1 Å². The van der Waals surface area contributed by atoms with E-state index in [0.29, 0.717) is 17.1 Å². The van der Waals surface area contributed by atoms with E-state index in [4.69, 9.17) is 11.6 Å². The SMILES string of the molecule is CCC1CCCCN1C(=O)c1cc(Nc2ccc(F)c(Cl)c2)ccn1. The number of rotatable bonds is 4. The molecular formula is C19H21ClFN3O. The molecule has 1 atom stereocenters. The minimum absolute atomic E-state index is 0.0349. The first-order chi connectivity index (χ1) is 12.1. The molecule has 1 aromatic carbocycles. The fourth-order valence-corrected chi connectivity index (χ4v) is 3.39. The van der Waals surface area contributed by atoms with Gasteiger partial charge in [0, 0.05) is 30.2 Å². The van der Waals surface area contributed by atoms with Crippen LogP contribution in [0, 0.1) is 5.82 Å². The molecule has 0 saturated carbocycles. The van der Waals surface area contributed by atoms with Crippen molar-refractivity contribution in [2.75, 3.05) is 11.9 Å². The second kappa shape index (κ2) is 7.83. The van der Waals surface area contributed by atoms with Crippen molar-refractivity contribution < 1.29 is 9.18 Å². The summed E-state index contributed by atoms with van der Waals surface area (Å²) in [5.41, 5.74) is 1.78. The summed E-state index contributed by atoms with van der Waals surface area (Å²) in [7, 11) is 0. The topological polar surface area (TPSA) is 45.2 Å². The van der Waals surface area contributed by atoms with Crippen LogP contribution in [0.25, 0.3) is 0 Å². The number of nitrogens with one attached hydrogen (secondary N) is 1. The Labute approximate surface area is 152 Å². The Morgan fingerprint density at radius 2 is 2.12 bits per heavy atom. The van der Waals surface area contributed by atoms with Gasteiger partial charge in [-0.25, -0.2) is 4.39 Å². The third-order valence-corrected chi connectivity index (χ3v) is 4.84. The van der Waals surface area contributed by atoms with Crippen LogP contribution in [0.5, 0.6) is 0 Å². The second-order valence-electron chi connectivity index (χ2n) is 6.24. The lowest BCUT2D eigenvalue weighted by atomic mass is 9.99. The highest BCUT2D eigenvalue weighted by Crippen LogP contribution is 2.25. The van der Waals surface area contributed by atoms with Crippen molar-refractivity contribution in [1.82, 2.24) is 9.88 Å². The molecule has 0 spiro atoms. The molecule has 1 fully saturated rings. The molecule has 1 amide bonds. The van der Waals surface area contributed by atoms with E-state index in [-0.39, 0.29) is 17.0 Å². The summed E-state index contributed by atoms with van der Waals surface area (Å²) < 4.78 is 13.3. The molecule has 6 heteroatoms. The molecule has 1 saturated heterocycles. The van der Waals surface area contributed by atoms with Gasteiger partial charge in [0.15, 0.2) is 0 Å². The van der Waals surface area contributed by atoms with E-state index >= 15 is 0 Å². The number of piperidine rings is 1. The zero-order valence-corrected chi connectivity index (χ0v) is 14.9. The molecule has 2 aromatic rings. The van der Waals surface area contributed by atoms with Gasteiger partial charge in [0.1, 0.15) is 11.5 Å². The predicted octanol–water partition coefficient (Wildman–Crippen LogP) is 5.02. The lowest BCUT2D eigenvalue weighted by Crippen LogP contribution is -2.43. The first-order valence-electron chi connectivity index (χ1n) is 8.57. The summed E-state index contributed by atoms with van der Waals surface area (Å²) in [4.78, 5) is 19.0. The van der Waals surface area contributed by atoms with Crippen LogP contribution in [0.4, 0.5) is 15.8 Å². The number of nitrogens with zero attached hydrogens (tertiary/aromatic N) is 2. The number of likely N-dealkylation sites (tertiary alicyclic amines) is 1. The maximum absolute atomic E-state index is 13.3. The standard InChI is InChI=1S/C19H21ClFN3O/c1-2-15-5-3-4-10-24(15)19(25)18-12-14(8-9-22-18)23-13-6-7-17(21)16(20)11-13/h6-9,11-12,15H,2-5,10H2,1H3,(H,22,23). The van der Waals surface area contributed by atoms with E-state index in [2.05, 4.69) is 17.2 Å². The Morgan fingerprint density at radius 3 is 2.88 bits per heavy atom. The molecule has 1 N–H and O–H groups in total. The molecular weight excluding hydrogens is 341 g/mol. The molecule has 1 aliphatic heterocycles. The molecule has 0 aliphatic carbocycles. The van der Waals surface area contributed by atoms with E-state index in [0.717, 1.165) is 25.8 Å². The van der Waals surface area contributed by atoms with Gasteiger partial charge in [-0.3, -0.25) is 9.78 Å². The van der Waals surface area contributed by atoms with Crippen LogP contribution in [-0.2, 0) is 0 Å². The number of carbonyl (C=O) groups excluding carboxylic acids is 1. The minimum Gasteiger partial charge on any atom is -0.355 e. The zero-order valence-electron chi connectivity index (χ0n) is 14.1. The number of benzene rings is 1. The fraction of sp³-hybridized carbons (Fsp3) is 0.368. The average Bonchev–Trinajstić information content (AvgIpc) is 2.64. The Hall–Kier alpha value is -2.14. The van der Waals surface area contributed by atoms with Crippen molar-refractivity contribution in [3.8, 4) is 0 Å². The highest BCUT2D eigenvalue weighted by atomic mass is 35.5. The third kappa shape index (κ3) is 4.10. The summed E-state index contributed by atoms with van der Waals surface area (Å²) in [5.74, 6) is -0.499. The van der Waals surface area contributed by atoms with Crippen LogP contribution in [0.15, 0.2) is 36.5 Å². The van der Waals surface area contributed by atoms with Gasteiger partial charge in [-0.1, -0.05) is 18.5 Å². The number of anilines is 2. The van der Waals surface area contributed by atoms with Gasteiger partial charge in [0.2, 0.25) is 0 Å². The lowest BCUT2D eigenvalue weighted by molar-refractivity contribution is 0.0602. The maximum Gasteiger partial charge on any atom is 0.272 e. The summed E-state index contributed by atoms with van der Waals surface area (Å²) in [6, 6.07) is 8.19. The molecule has 1 aliphatic rings. The third-order valence-electron chi connectivity index (χ3n) is 4.55. The Bertz CT molecular complexity index is 768. The normalized spacial score (nSPS) is 17.4. The summed E-state index contributed by atoms with van der Waals surface area (Å²) in [6.45, 7) is 2.89. The summed E-state index contributed by atoms with van der Waals surface area (Å²) in [6.07, 6.45) is 5.81. The Kier molecular flexibility index (Phi) is 5.53. The van der Waals surface area contributed by atoms with Crippen LogP contribution in [0.2, 0.25) is 5.02 Å². The van der Waals surface area contributed by atoms with Crippen LogP contribution in [0.1, 0.15) is 43.1 Å². The zero-order chi connectivity index (χ0) is 17.8. The van der Waals surface area contributed by atoms with Gasteiger partial charge in [-0.05, 0) is 56.0 Å². The first kappa shape index (κ1) is 17.7. The van der Waals surface area contributed by atoms with Crippen LogP contribution in [-0.4, -0.2) is 28.4 Å². The highest BCUT2D eigenvalue weighted by molar-refractivity contribution is 6.31. The quantitative estimate of drug-likeness (QED) is 0.831. The van der Waals surface area contributed by atoms with E-state index in [1.165, 1.54) is 18.6 Å². The molecule has 0 bridgehead atoms. The second-order valence-corrected chi connectivity index (χ2v) is 6.65. The van der Waals surface area contributed by atoms with Crippen molar-refractivity contribution in [3.63, 3.8) is 0 Å². The number of halogens is 2. The van der Waals surface area contributed by atoms with Crippen molar-refractivity contribution in [2.45, 2.75) is 38.6 Å². The highest BCUT2D eigenvalue weighted by Gasteiger charge is 2.26. The lowest BCUT2D eigenvalue weighted by Gasteiger charge is -2.35. The van der Waals surface area contributed by atoms with E-state index < -0.39 is 5.82 Å². The fourth-order valence-electron chi connectivity index (χ4n) is 3.21. The van der Waals surface area contributed by atoms with E-state index in [9.17, 15) is 9.18 Å². The number of carbonyl (C=O) groups is 1. The molecule has 1 aromatic heterocycles. The van der Waals surface area contributed by atoms with Gasteiger partial charge in [0.05, 0.1) is 5.02 Å². The molecule has 4 nitrogen and oxygen atoms in total. The number of hydrogen-bond acceptors (Lipinski definition) is 3. The summed E-state index contributed by atoms with van der Waals surface area (Å²) in [5, 5.41) is 3.18. The predicted molar refractivity (Wildman–Crippen MR) is 97.9 cm³/mol. The van der Waals surface area contributed by atoms with E-state index in [1.54, 1.807) is 24.4 Å². The smallest absolute Gasteiger partial charge is 0.272 e. The van der Waals surface area contributed by atoms with Crippen molar-refractivity contribution >= 4 is 28.9 Å². The largest absolute Gasteiger partial charge is 0.355 e. The van der Waals surface area contributed by atoms with Crippen LogP contribution >= 0.6 is 11.6 Å². The molecule has 0 radical (unpaired) electrons. The van der Waals surface area contributed by atoms with Crippen LogP contribution in [0.3, 0.4) is 0 Å². The van der Waals surface area contributed by atoms with Gasteiger partial charge in [-0.2, -0.15) is 0 Å². The monoisotopic (exact) mass is 361 g/mol. The number of amides is 1. The molecule has 1 unspecified atom stereocenters. The van der Waals surface area contributed by atoms with Crippen molar-refractivity contribution in [2.24, 2.45) is 0 Å². The molecule has 25 heavy (non-hydrogen) atoms. The maximum atomic E-state index is 13.3.